The Morgan fingerprint density at radius 1 is 1.21 bits per heavy atom. The molecule has 164 valence electrons. The van der Waals surface area contributed by atoms with Gasteiger partial charge in [0.15, 0.2) is 0 Å². The van der Waals surface area contributed by atoms with Crippen molar-refractivity contribution in [1.29, 1.82) is 0 Å². The number of methoxy groups -OCH3 is 1. The summed E-state index contributed by atoms with van der Waals surface area (Å²) in [5.74, 6) is -2.71. The maximum absolute atomic E-state index is 14.0. The molecule has 29 heavy (non-hydrogen) atoms. The van der Waals surface area contributed by atoms with Gasteiger partial charge in [0.05, 0.1) is 19.1 Å². The molecule has 1 aromatic rings. The largest absolute Gasteiger partial charge is 0.481 e. The summed E-state index contributed by atoms with van der Waals surface area (Å²) in [4.78, 5) is 15.8. The second-order valence-corrected chi connectivity index (χ2v) is 6.86. The lowest BCUT2D eigenvalue weighted by Gasteiger charge is -2.37. The van der Waals surface area contributed by atoms with Crippen LogP contribution in [0.1, 0.15) is 30.9 Å². The van der Waals surface area contributed by atoms with Crippen molar-refractivity contribution in [3.05, 3.63) is 23.9 Å². The third-order valence-corrected chi connectivity index (χ3v) is 4.68. The summed E-state index contributed by atoms with van der Waals surface area (Å²) >= 11 is 0. The summed E-state index contributed by atoms with van der Waals surface area (Å²) in [6.45, 7) is -1.62. The van der Waals surface area contributed by atoms with Crippen LogP contribution in [0.2, 0.25) is 0 Å². The van der Waals surface area contributed by atoms with Crippen molar-refractivity contribution in [3.8, 4) is 5.88 Å². The minimum absolute atomic E-state index is 0.189. The lowest BCUT2D eigenvalue weighted by molar-refractivity contribution is -0.192. The first-order valence-corrected chi connectivity index (χ1v) is 8.71. The molecule has 5 nitrogen and oxygen atoms in total. The second-order valence-electron chi connectivity index (χ2n) is 6.86. The van der Waals surface area contributed by atoms with Gasteiger partial charge in [-0.3, -0.25) is 0 Å². The smallest absolute Gasteiger partial charge is 0.405 e. The third kappa shape index (κ3) is 6.93. The molecule has 1 saturated carbocycles. The highest BCUT2D eigenvalue weighted by atomic mass is 19.4. The molecule has 0 aromatic carbocycles. The molecule has 1 fully saturated rings. The van der Waals surface area contributed by atoms with Crippen molar-refractivity contribution in [2.75, 3.05) is 13.7 Å². The Hall–Kier alpha value is -2.27. The van der Waals surface area contributed by atoms with Crippen LogP contribution in [-0.4, -0.2) is 43.2 Å². The Morgan fingerprint density at radius 3 is 2.41 bits per heavy atom. The Labute approximate surface area is 162 Å². The highest BCUT2D eigenvalue weighted by molar-refractivity contribution is 5.74. The number of amides is 2. The van der Waals surface area contributed by atoms with Crippen LogP contribution in [0, 0.1) is 11.8 Å². The van der Waals surface area contributed by atoms with E-state index in [-0.39, 0.29) is 17.9 Å². The molecular formula is C17H20F7N3O2. The summed E-state index contributed by atoms with van der Waals surface area (Å²) < 4.78 is 95.3. The molecule has 3 unspecified atom stereocenters. The van der Waals surface area contributed by atoms with Crippen LogP contribution in [-0.2, 0) is 0 Å². The van der Waals surface area contributed by atoms with Crippen molar-refractivity contribution in [1.82, 2.24) is 15.6 Å². The summed E-state index contributed by atoms with van der Waals surface area (Å²) in [7, 11) is 1.34. The topological polar surface area (TPSA) is 63.2 Å². The molecule has 1 aliphatic carbocycles. The maximum atomic E-state index is 14.0. The number of rotatable bonds is 5. The third-order valence-electron chi connectivity index (χ3n) is 4.68. The normalized spacial score (nSPS) is 23.9. The molecule has 2 rings (SSSR count). The van der Waals surface area contributed by atoms with E-state index in [1.54, 1.807) is 5.32 Å². The first kappa shape index (κ1) is 23.0. The number of carbonyl (C=O) groups is 1. The van der Waals surface area contributed by atoms with Gasteiger partial charge in [-0.25, -0.2) is 14.2 Å². The van der Waals surface area contributed by atoms with E-state index in [1.807, 2.05) is 0 Å². The van der Waals surface area contributed by atoms with Gasteiger partial charge >= 0.3 is 18.4 Å². The number of ether oxygens (including phenoxy) is 1. The molecule has 4 atom stereocenters. The zero-order valence-electron chi connectivity index (χ0n) is 15.3. The van der Waals surface area contributed by atoms with Crippen molar-refractivity contribution in [2.24, 2.45) is 11.8 Å². The number of urea groups is 1. The number of hydrogen-bond donors (Lipinski definition) is 2. The van der Waals surface area contributed by atoms with Crippen LogP contribution in [0.15, 0.2) is 18.3 Å². The van der Waals surface area contributed by atoms with E-state index in [2.05, 4.69) is 10.3 Å². The highest BCUT2D eigenvalue weighted by Crippen LogP contribution is 2.45. The van der Waals surface area contributed by atoms with E-state index in [1.165, 1.54) is 25.4 Å². The summed E-state index contributed by atoms with van der Waals surface area (Å²) in [5, 5.41) is 3.84. The minimum atomic E-state index is -4.66. The van der Waals surface area contributed by atoms with Gasteiger partial charge in [0.25, 0.3) is 0 Å². The number of carbonyl (C=O) groups excluding carboxylic acids is 1. The molecule has 2 amide bonds. The quantitative estimate of drug-likeness (QED) is 0.683. The van der Waals surface area contributed by atoms with E-state index in [0.29, 0.717) is 0 Å². The number of alkyl halides is 7. The summed E-state index contributed by atoms with van der Waals surface area (Å²) in [6.07, 6.45) is -11.3. The van der Waals surface area contributed by atoms with Crippen molar-refractivity contribution in [2.45, 2.75) is 43.8 Å². The van der Waals surface area contributed by atoms with E-state index in [4.69, 9.17) is 4.74 Å². The zero-order chi connectivity index (χ0) is 21.8. The molecule has 12 heteroatoms. The van der Waals surface area contributed by atoms with Crippen LogP contribution in [0.4, 0.5) is 35.5 Å². The molecular weight excluding hydrogens is 411 g/mol. The van der Waals surface area contributed by atoms with Crippen LogP contribution in [0.25, 0.3) is 0 Å². The molecule has 0 aliphatic heterocycles. The van der Waals surface area contributed by atoms with E-state index in [0.717, 1.165) is 0 Å². The highest BCUT2D eigenvalue weighted by Gasteiger charge is 2.47. The van der Waals surface area contributed by atoms with Crippen LogP contribution in [0.5, 0.6) is 5.88 Å². The predicted octanol–water partition coefficient (Wildman–Crippen LogP) is 4.31. The lowest BCUT2D eigenvalue weighted by atomic mass is 9.75. The van der Waals surface area contributed by atoms with Gasteiger partial charge in [0, 0.05) is 12.3 Å². The average molecular weight is 431 g/mol. The fourth-order valence-corrected chi connectivity index (χ4v) is 3.37. The molecule has 0 saturated heterocycles. The first-order valence-electron chi connectivity index (χ1n) is 8.71. The van der Waals surface area contributed by atoms with Gasteiger partial charge in [-0.15, -0.1) is 0 Å². The fraction of sp³-hybridized carbons (Fsp3) is 0.647. The van der Waals surface area contributed by atoms with Crippen LogP contribution < -0.4 is 15.4 Å². The number of nitrogens with one attached hydrogen (secondary N) is 2. The first-order chi connectivity index (χ1) is 13.4. The van der Waals surface area contributed by atoms with Gasteiger partial charge in [-0.1, -0.05) is 6.07 Å². The summed E-state index contributed by atoms with van der Waals surface area (Å²) in [6, 6.07) is 0.400. The Kier molecular flexibility index (Phi) is 7.17. The van der Waals surface area contributed by atoms with Crippen LogP contribution >= 0.6 is 0 Å². The molecule has 0 spiro atoms. The van der Waals surface area contributed by atoms with Gasteiger partial charge < -0.3 is 15.4 Å². The van der Waals surface area contributed by atoms with E-state index < -0.39 is 61.8 Å². The molecule has 1 heterocycles. The van der Waals surface area contributed by atoms with Gasteiger partial charge in [-0.2, -0.15) is 26.3 Å². The standard InChI is InChI=1S/C17H20F7N3O2/c1-29-13-3-2-9(7-25-13)14(27-15(28)26-8-16(19,20)21)10-4-11(17(22,23)24)6-12(18)5-10/h2-3,7,10-12,14H,4-6,8H2,1H3,(H2,26,27,28)/t10?,11?,12?,14-/m1/s1. The second kappa shape index (κ2) is 9.04. The van der Waals surface area contributed by atoms with Crippen molar-refractivity contribution < 1.29 is 40.3 Å². The van der Waals surface area contributed by atoms with Crippen LogP contribution in [0.3, 0.4) is 0 Å². The van der Waals surface area contributed by atoms with Gasteiger partial charge in [0.2, 0.25) is 5.88 Å². The Balaban J connectivity index is 2.24. The molecule has 1 aliphatic rings. The summed E-state index contributed by atoms with van der Waals surface area (Å²) in [5.41, 5.74) is 0.230. The van der Waals surface area contributed by atoms with Crippen molar-refractivity contribution in [3.63, 3.8) is 0 Å². The number of aromatic nitrogens is 1. The predicted molar refractivity (Wildman–Crippen MR) is 87.9 cm³/mol. The molecule has 1 aromatic heterocycles. The monoisotopic (exact) mass is 431 g/mol. The fourth-order valence-electron chi connectivity index (χ4n) is 3.37. The van der Waals surface area contributed by atoms with Crippen molar-refractivity contribution >= 4 is 6.03 Å². The number of pyridine rings is 1. The Morgan fingerprint density at radius 2 is 1.90 bits per heavy atom. The molecule has 2 N–H and O–H groups in total. The van der Waals surface area contributed by atoms with Gasteiger partial charge in [0.1, 0.15) is 12.7 Å². The average Bonchev–Trinajstić information content (AvgIpc) is 2.63. The number of halogens is 7. The zero-order valence-corrected chi connectivity index (χ0v) is 15.3. The Bertz CT molecular complexity index is 679. The number of hydrogen-bond acceptors (Lipinski definition) is 3. The lowest BCUT2D eigenvalue weighted by Crippen LogP contribution is -2.46. The SMILES string of the molecule is COc1ccc([C@@H](NC(=O)NCC(F)(F)F)C2CC(F)CC(C(F)(F)F)C2)cn1. The van der Waals surface area contributed by atoms with Gasteiger partial charge in [-0.05, 0) is 30.7 Å². The molecule has 0 bridgehead atoms. The van der Waals surface area contributed by atoms with E-state index >= 15 is 0 Å². The van der Waals surface area contributed by atoms with E-state index in [9.17, 15) is 35.5 Å². The number of nitrogens with zero attached hydrogens (tertiary/aromatic N) is 1. The minimum Gasteiger partial charge on any atom is -0.481 e. The molecule has 0 radical (unpaired) electrons. The maximum Gasteiger partial charge on any atom is 0.405 e.